The Morgan fingerprint density at radius 3 is 2.44 bits per heavy atom. The van der Waals surface area contributed by atoms with Gasteiger partial charge in [0.2, 0.25) is 27.7 Å². The molecule has 10 atom stereocenters. The van der Waals surface area contributed by atoms with Gasteiger partial charge in [-0.2, -0.15) is 0 Å². The first-order valence-corrected chi connectivity index (χ1v) is 24.4. The Bertz CT molecular complexity index is 2510. The normalized spacial score (nSPS) is 31.9. The van der Waals surface area contributed by atoms with Gasteiger partial charge in [0.25, 0.3) is 5.91 Å². The zero-order chi connectivity index (χ0) is 45.2. The first-order valence-electron chi connectivity index (χ1n) is 22.4. The molecule has 1 saturated heterocycles. The largest absolute Gasteiger partial charge is 0.497 e. The number of rotatable bonds is 10. The van der Waals surface area contributed by atoms with Crippen molar-refractivity contribution in [1.82, 2.24) is 24.8 Å². The van der Waals surface area contributed by atoms with Crippen molar-refractivity contribution in [3.63, 3.8) is 0 Å². The lowest BCUT2D eigenvalue weighted by Gasteiger charge is -2.40. The zero-order valence-electron chi connectivity index (χ0n) is 36.5. The van der Waals surface area contributed by atoms with Gasteiger partial charge in [-0.15, -0.1) is 0 Å². The third-order valence-corrected chi connectivity index (χ3v) is 16.5. The fourth-order valence-electron chi connectivity index (χ4n) is 10.6. The summed E-state index contributed by atoms with van der Waals surface area (Å²) in [5, 5.41) is 15.0. The molecule has 2 aliphatic heterocycles. The maximum Gasteiger partial charge on any atom is 0.408 e. The molecule has 3 N–H and O–H groups in total. The summed E-state index contributed by atoms with van der Waals surface area (Å²) >= 11 is 6.55. The number of aromatic nitrogens is 1. The van der Waals surface area contributed by atoms with E-state index in [0.29, 0.717) is 83.5 Å². The quantitative estimate of drug-likeness (QED) is 0.187. The van der Waals surface area contributed by atoms with Crippen LogP contribution in [0.25, 0.3) is 22.0 Å². The Morgan fingerprint density at radius 1 is 0.984 bits per heavy atom. The van der Waals surface area contributed by atoms with E-state index in [1.807, 2.05) is 43.3 Å². The molecule has 0 radical (unpaired) electrons. The lowest BCUT2D eigenvalue weighted by molar-refractivity contribution is -0.145. The molecule has 3 aromatic rings. The van der Waals surface area contributed by atoms with E-state index >= 15 is 4.79 Å². The number of hydrogen-bond donors (Lipinski definition) is 3. The number of fused-ring (bicyclic) bond motifs is 4. The number of carboxylic acid groups (broad SMARTS) is 1. The Labute approximate surface area is 378 Å². The molecule has 15 nitrogen and oxygen atoms in total. The van der Waals surface area contributed by atoms with Crippen molar-refractivity contribution in [1.29, 1.82) is 0 Å². The van der Waals surface area contributed by atoms with Crippen LogP contribution in [0.5, 0.6) is 17.4 Å². The monoisotopic (exact) mass is 917 g/mol. The van der Waals surface area contributed by atoms with Crippen LogP contribution in [-0.4, -0.2) is 108 Å². The predicted molar refractivity (Wildman–Crippen MR) is 238 cm³/mol. The molecule has 4 saturated carbocycles. The number of ether oxygens (including phenoxy) is 3. The summed E-state index contributed by atoms with van der Waals surface area (Å²) in [4.78, 5) is 65.5. The summed E-state index contributed by atoms with van der Waals surface area (Å²) < 4.78 is 46.1. The highest BCUT2D eigenvalue weighted by Crippen LogP contribution is 2.54. The molecule has 0 spiro atoms. The summed E-state index contributed by atoms with van der Waals surface area (Å²) in [6, 6.07) is 10.0. The van der Waals surface area contributed by atoms with E-state index in [1.165, 1.54) is 16.9 Å². The van der Waals surface area contributed by atoms with Gasteiger partial charge in [0.05, 0.1) is 36.7 Å². The summed E-state index contributed by atoms with van der Waals surface area (Å²) in [6.07, 6.45) is 7.31. The second kappa shape index (κ2) is 17.0. The van der Waals surface area contributed by atoms with Crippen LogP contribution in [0.3, 0.4) is 0 Å². The zero-order valence-corrected chi connectivity index (χ0v) is 38.1. The summed E-state index contributed by atoms with van der Waals surface area (Å²) in [5.74, 6) is -0.534. The van der Waals surface area contributed by atoms with Crippen LogP contribution in [-0.2, 0) is 24.4 Å². The number of hydrogen-bond acceptors (Lipinski definition) is 10. The number of allylic oxidation sites excluding steroid dienone is 1. The standard InChI is InChI=1S/C47H56ClN5O10S/c1-25-7-5-6-8-31-23-47(31,45(56)51-64(59,60)35-11-12-35)50-42(54)39-22-34(24-52(39)44(55)41(26(2)15-25)53(46(57)58)32-17-28-16-29(28)18-32)63-43-36-13-10-33(61-3)19-30(36)21-38(49-43)27-9-14-40(62-4)37(48)20-27/h6,8-10,13-14,19-21,25-26,28-29,31-32,34-35,39,41H,5,7,11-12,15-18,22-24H2,1-4H3,(H,50,54)(H,51,56)(H,57,58)/b8-6-/t25-,26+,28-,29?,31+,32?,34+,39-,41-,47+/m0/s1. The molecule has 5 fully saturated rings. The number of amides is 4. The minimum Gasteiger partial charge on any atom is -0.497 e. The van der Waals surface area contributed by atoms with Gasteiger partial charge in [-0.05, 0) is 129 Å². The number of methoxy groups -OCH3 is 2. The molecule has 6 aliphatic rings. The number of nitrogens with zero attached hydrogens (tertiary/aromatic N) is 3. The Morgan fingerprint density at radius 2 is 1.75 bits per heavy atom. The van der Waals surface area contributed by atoms with Gasteiger partial charge in [0, 0.05) is 29.3 Å². The number of benzene rings is 2. The molecule has 9 rings (SSSR count). The van der Waals surface area contributed by atoms with Crippen LogP contribution in [0, 0.1) is 29.6 Å². The molecule has 3 heterocycles. The van der Waals surface area contributed by atoms with E-state index in [1.54, 1.807) is 25.3 Å². The van der Waals surface area contributed by atoms with Crippen molar-refractivity contribution in [2.24, 2.45) is 29.6 Å². The smallest absolute Gasteiger partial charge is 0.408 e. The second-order valence-corrected chi connectivity index (χ2v) is 21.4. The highest BCUT2D eigenvalue weighted by atomic mass is 35.5. The number of halogens is 1. The first-order chi connectivity index (χ1) is 30.6. The van der Waals surface area contributed by atoms with Gasteiger partial charge in [-0.1, -0.05) is 37.6 Å². The third-order valence-electron chi connectivity index (χ3n) is 14.4. The summed E-state index contributed by atoms with van der Waals surface area (Å²) in [7, 11) is -0.849. The number of carbonyl (C=O) groups excluding carboxylic acids is 3. The maximum atomic E-state index is 15.5. The highest BCUT2D eigenvalue weighted by molar-refractivity contribution is 7.91. The minimum absolute atomic E-state index is 0.0216. The lowest BCUT2D eigenvalue weighted by atomic mass is 9.86. The van der Waals surface area contributed by atoms with E-state index in [0.717, 1.165) is 18.2 Å². The summed E-state index contributed by atoms with van der Waals surface area (Å²) in [5.41, 5.74) is -0.359. The molecular weight excluding hydrogens is 862 g/mol. The van der Waals surface area contributed by atoms with E-state index in [2.05, 4.69) is 17.0 Å². The number of pyridine rings is 1. The SMILES string of the molecule is COc1ccc2c(O[C@@H]3C[C@H]4C(=O)N[C@]5(C(=O)NS(=O)(=O)C6CC6)C[C@H]5/C=C\CC[C@H](C)C[C@@H](C)[C@H](N(C(=O)O)C5CC6C[C@H]6C5)C(=O)N4C3)nc(-c3ccc(OC)c(Cl)c3)cc2c1. The third kappa shape index (κ3) is 8.59. The fraction of sp³-hybridized carbons (Fsp3) is 0.553. The molecule has 0 bridgehead atoms. The Balaban J connectivity index is 1.10. The van der Waals surface area contributed by atoms with Crippen LogP contribution >= 0.6 is 11.6 Å². The lowest BCUT2D eigenvalue weighted by Crippen LogP contribution is -2.61. The molecule has 17 heteroatoms. The van der Waals surface area contributed by atoms with E-state index in [4.69, 9.17) is 30.8 Å². The van der Waals surface area contributed by atoms with E-state index < -0.39 is 74.7 Å². The summed E-state index contributed by atoms with van der Waals surface area (Å²) in [6.45, 7) is 3.93. The minimum atomic E-state index is -3.95. The van der Waals surface area contributed by atoms with Crippen molar-refractivity contribution >= 4 is 56.2 Å². The number of nitrogens with one attached hydrogen (secondary N) is 2. The van der Waals surface area contributed by atoms with Crippen molar-refractivity contribution < 1.29 is 46.9 Å². The van der Waals surface area contributed by atoms with Crippen LogP contribution in [0.15, 0.2) is 54.6 Å². The molecule has 4 amide bonds. The van der Waals surface area contributed by atoms with Gasteiger partial charge < -0.3 is 29.5 Å². The van der Waals surface area contributed by atoms with Crippen molar-refractivity contribution in [2.45, 2.75) is 113 Å². The van der Waals surface area contributed by atoms with Gasteiger partial charge in [-0.3, -0.25) is 24.0 Å². The van der Waals surface area contributed by atoms with Crippen LogP contribution in [0.2, 0.25) is 5.02 Å². The number of carbonyl (C=O) groups is 4. The molecule has 4 aliphatic carbocycles. The van der Waals surface area contributed by atoms with Crippen molar-refractivity contribution in [2.75, 3.05) is 20.8 Å². The molecule has 64 heavy (non-hydrogen) atoms. The average Bonchev–Trinajstić information content (AvgIpc) is 4.22. The molecular formula is C47H56ClN5O10S. The highest BCUT2D eigenvalue weighted by Gasteiger charge is 2.62. The van der Waals surface area contributed by atoms with Gasteiger partial charge in [-0.25, -0.2) is 18.2 Å². The molecule has 2 unspecified atom stereocenters. The van der Waals surface area contributed by atoms with Gasteiger partial charge >= 0.3 is 6.09 Å². The first kappa shape index (κ1) is 44.1. The molecule has 342 valence electrons. The second-order valence-electron chi connectivity index (χ2n) is 19.0. The average molecular weight is 919 g/mol. The maximum absolute atomic E-state index is 15.5. The predicted octanol–water partition coefficient (Wildman–Crippen LogP) is 6.56. The Hall–Kier alpha value is -5.09. The van der Waals surface area contributed by atoms with Crippen molar-refractivity contribution in [3.8, 4) is 28.6 Å². The molecule has 1 aromatic heterocycles. The number of sulfonamides is 1. The van der Waals surface area contributed by atoms with Crippen LogP contribution in [0.4, 0.5) is 4.79 Å². The Kier molecular flexibility index (Phi) is 11.7. The molecule has 2 aromatic carbocycles. The van der Waals surface area contributed by atoms with Gasteiger partial charge in [0.1, 0.15) is 35.2 Å². The van der Waals surface area contributed by atoms with Gasteiger partial charge in [0.15, 0.2) is 0 Å². The van der Waals surface area contributed by atoms with Crippen LogP contribution < -0.4 is 24.2 Å². The fourth-order valence-corrected chi connectivity index (χ4v) is 12.3. The van der Waals surface area contributed by atoms with Crippen LogP contribution in [0.1, 0.15) is 78.1 Å². The van der Waals surface area contributed by atoms with Crippen molar-refractivity contribution in [3.05, 3.63) is 59.6 Å². The van der Waals surface area contributed by atoms with E-state index in [-0.39, 0.29) is 37.2 Å². The van der Waals surface area contributed by atoms with E-state index in [9.17, 15) is 27.9 Å². The topological polar surface area (TPSA) is 194 Å².